The minimum atomic E-state index is -0.586. The number of piperazine rings is 1. The van der Waals surface area contributed by atoms with Gasteiger partial charge in [0.25, 0.3) is 0 Å². The molecule has 222 valence electrons. The third-order valence-electron chi connectivity index (χ3n) is 8.08. The average Bonchev–Trinajstić information content (AvgIpc) is 3.04. The van der Waals surface area contributed by atoms with E-state index >= 15 is 0 Å². The maximum absolute atomic E-state index is 14.4. The van der Waals surface area contributed by atoms with Gasteiger partial charge in [-0.05, 0) is 36.2 Å². The molecule has 2 saturated heterocycles. The highest BCUT2D eigenvalue weighted by Crippen LogP contribution is 2.46. The molecule has 0 saturated carbocycles. The van der Waals surface area contributed by atoms with Crippen LogP contribution in [0.2, 0.25) is 0 Å². The Bertz CT molecular complexity index is 1400. The van der Waals surface area contributed by atoms with E-state index in [9.17, 15) is 14.0 Å². The topological polar surface area (TPSA) is 80.8 Å². The van der Waals surface area contributed by atoms with Gasteiger partial charge in [-0.1, -0.05) is 24.3 Å². The van der Waals surface area contributed by atoms with Gasteiger partial charge in [0.05, 0.1) is 51.8 Å². The van der Waals surface area contributed by atoms with E-state index in [2.05, 4.69) is 0 Å². The lowest BCUT2D eigenvalue weighted by atomic mass is 9.82. The maximum atomic E-state index is 14.4. The number of rotatable bonds is 8. The molecule has 0 N–H and O–H groups in total. The number of benzene rings is 3. The Morgan fingerprint density at radius 1 is 0.833 bits per heavy atom. The van der Waals surface area contributed by atoms with Crippen molar-refractivity contribution in [3.05, 3.63) is 72.0 Å². The molecule has 0 aliphatic carbocycles. The van der Waals surface area contributed by atoms with Crippen LogP contribution in [0.15, 0.2) is 60.7 Å². The number of ether oxygens (including phenoxy) is 4. The number of carbonyl (C=O) groups is 2. The molecule has 42 heavy (non-hydrogen) atoms. The molecule has 0 unspecified atom stereocenters. The van der Waals surface area contributed by atoms with Crippen LogP contribution in [0.3, 0.4) is 0 Å². The second-order valence-corrected chi connectivity index (χ2v) is 10.3. The Hall–Kier alpha value is -4.47. The fraction of sp³-hybridized carbons (Fsp3) is 0.375. The molecule has 2 amide bonds. The maximum Gasteiger partial charge on any atom is 0.228 e. The third kappa shape index (κ3) is 5.53. The molecule has 0 radical (unpaired) electrons. The van der Waals surface area contributed by atoms with Gasteiger partial charge in [0.15, 0.2) is 11.5 Å². The number of halogens is 1. The lowest BCUT2D eigenvalue weighted by molar-refractivity contribution is -0.138. The highest BCUT2D eigenvalue weighted by molar-refractivity contribution is 5.98. The van der Waals surface area contributed by atoms with Crippen LogP contribution in [-0.4, -0.2) is 71.3 Å². The van der Waals surface area contributed by atoms with Crippen LogP contribution >= 0.6 is 0 Å². The SMILES string of the molecule is COc1ccc([C@H]2[C@@H](C(=O)N3CCN(c4ccccc4F)CC3)CCC(=O)N2c2cc(OC)c(OC)c(OC)c2)cc1. The number of nitrogens with zero attached hydrogens (tertiary/aromatic N) is 3. The van der Waals surface area contributed by atoms with E-state index in [1.54, 1.807) is 36.3 Å². The normalized spacial score (nSPS) is 19.0. The van der Waals surface area contributed by atoms with Crippen molar-refractivity contribution in [1.29, 1.82) is 0 Å². The second kappa shape index (κ2) is 12.6. The standard InChI is InChI=1S/C32H36FN3O6/c1-39-23-11-9-21(10-12-23)30-24(32(38)35-17-15-34(16-18-35)26-8-6-5-7-25(26)33)13-14-29(37)36(30)22-19-27(40-2)31(42-4)28(20-22)41-3/h5-12,19-20,24,30H,13-18H2,1-4H3/t24-,30-/m0/s1. The molecular formula is C32H36FN3O6. The van der Waals surface area contributed by atoms with Crippen molar-refractivity contribution < 1.29 is 32.9 Å². The lowest BCUT2D eigenvalue weighted by Gasteiger charge is -2.44. The minimum absolute atomic E-state index is 0.0334. The van der Waals surface area contributed by atoms with Crippen molar-refractivity contribution >= 4 is 23.2 Å². The largest absolute Gasteiger partial charge is 0.497 e. The predicted octanol–water partition coefficient (Wildman–Crippen LogP) is 4.69. The van der Waals surface area contributed by atoms with Gasteiger partial charge < -0.3 is 33.6 Å². The van der Waals surface area contributed by atoms with E-state index in [4.69, 9.17) is 18.9 Å². The molecule has 2 fully saturated rings. The second-order valence-electron chi connectivity index (χ2n) is 10.3. The van der Waals surface area contributed by atoms with E-state index in [1.165, 1.54) is 27.4 Å². The van der Waals surface area contributed by atoms with E-state index in [0.29, 0.717) is 67.0 Å². The average molecular weight is 578 g/mol. The van der Waals surface area contributed by atoms with Crippen LogP contribution in [0.1, 0.15) is 24.4 Å². The van der Waals surface area contributed by atoms with Crippen LogP contribution in [0.4, 0.5) is 15.8 Å². The summed E-state index contributed by atoms with van der Waals surface area (Å²) in [6.45, 7) is 1.94. The monoisotopic (exact) mass is 577 g/mol. The molecule has 0 spiro atoms. The Morgan fingerprint density at radius 3 is 2.05 bits per heavy atom. The summed E-state index contributed by atoms with van der Waals surface area (Å²) >= 11 is 0. The molecular weight excluding hydrogens is 541 g/mol. The zero-order valence-corrected chi connectivity index (χ0v) is 24.3. The molecule has 2 aliphatic heterocycles. The molecule has 3 aromatic carbocycles. The molecule has 2 aliphatic rings. The molecule has 2 atom stereocenters. The van der Waals surface area contributed by atoms with Gasteiger partial charge in [-0.2, -0.15) is 0 Å². The van der Waals surface area contributed by atoms with Crippen molar-refractivity contribution in [3.63, 3.8) is 0 Å². The third-order valence-corrected chi connectivity index (χ3v) is 8.08. The zero-order chi connectivity index (χ0) is 29.8. The lowest BCUT2D eigenvalue weighted by Crippen LogP contribution is -2.54. The van der Waals surface area contributed by atoms with E-state index in [1.807, 2.05) is 40.1 Å². The van der Waals surface area contributed by atoms with Crippen molar-refractivity contribution in [1.82, 2.24) is 4.90 Å². The highest BCUT2D eigenvalue weighted by Gasteiger charge is 2.44. The first-order valence-corrected chi connectivity index (χ1v) is 13.9. The first-order chi connectivity index (χ1) is 20.4. The fourth-order valence-corrected chi connectivity index (χ4v) is 5.95. The Morgan fingerprint density at radius 2 is 1.48 bits per heavy atom. The van der Waals surface area contributed by atoms with Crippen molar-refractivity contribution in [2.24, 2.45) is 5.92 Å². The Labute approximate surface area is 245 Å². The van der Waals surface area contributed by atoms with Crippen LogP contribution < -0.4 is 28.7 Å². The summed E-state index contributed by atoms with van der Waals surface area (Å²) < 4.78 is 36.4. The summed E-state index contributed by atoms with van der Waals surface area (Å²) in [4.78, 5) is 33.3. The first kappa shape index (κ1) is 29.0. The van der Waals surface area contributed by atoms with Gasteiger partial charge in [0.1, 0.15) is 11.6 Å². The minimum Gasteiger partial charge on any atom is -0.497 e. The van der Waals surface area contributed by atoms with Crippen LogP contribution in [0, 0.1) is 11.7 Å². The van der Waals surface area contributed by atoms with E-state index in [0.717, 1.165) is 5.56 Å². The van der Waals surface area contributed by atoms with Crippen molar-refractivity contribution in [3.8, 4) is 23.0 Å². The zero-order valence-electron chi connectivity index (χ0n) is 24.3. The van der Waals surface area contributed by atoms with Gasteiger partial charge in [-0.3, -0.25) is 9.59 Å². The molecule has 5 rings (SSSR count). The number of anilines is 2. The number of methoxy groups -OCH3 is 4. The molecule has 3 aromatic rings. The number of carbonyl (C=O) groups excluding carboxylic acids is 2. The summed E-state index contributed by atoms with van der Waals surface area (Å²) in [7, 11) is 6.15. The number of hydrogen-bond acceptors (Lipinski definition) is 7. The number of piperidine rings is 1. The summed E-state index contributed by atoms with van der Waals surface area (Å²) in [5.41, 5.74) is 1.88. The summed E-state index contributed by atoms with van der Waals surface area (Å²) in [5, 5.41) is 0. The number of para-hydroxylation sites is 1. The smallest absolute Gasteiger partial charge is 0.228 e. The Balaban J connectivity index is 1.49. The molecule has 0 aromatic heterocycles. The number of amides is 2. The highest BCUT2D eigenvalue weighted by atomic mass is 19.1. The molecule has 2 heterocycles. The van der Waals surface area contributed by atoms with Crippen LogP contribution in [0.5, 0.6) is 23.0 Å². The van der Waals surface area contributed by atoms with E-state index < -0.39 is 12.0 Å². The van der Waals surface area contributed by atoms with Gasteiger partial charge in [-0.25, -0.2) is 4.39 Å². The molecule has 0 bridgehead atoms. The van der Waals surface area contributed by atoms with E-state index in [-0.39, 0.29) is 24.1 Å². The van der Waals surface area contributed by atoms with Gasteiger partial charge in [-0.15, -0.1) is 0 Å². The summed E-state index contributed by atoms with van der Waals surface area (Å²) in [6, 6.07) is 17.0. The Kier molecular flexibility index (Phi) is 8.70. The summed E-state index contributed by atoms with van der Waals surface area (Å²) in [5.74, 6) is 0.977. The molecule has 9 nitrogen and oxygen atoms in total. The molecule has 10 heteroatoms. The van der Waals surface area contributed by atoms with Crippen LogP contribution in [0.25, 0.3) is 0 Å². The van der Waals surface area contributed by atoms with Crippen molar-refractivity contribution in [2.75, 3.05) is 64.4 Å². The summed E-state index contributed by atoms with van der Waals surface area (Å²) in [6.07, 6.45) is 0.609. The van der Waals surface area contributed by atoms with Gasteiger partial charge >= 0.3 is 0 Å². The predicted molar refractivity (Wildman–Crippen MR) is 157 cm³/mol. The first-order valence-electron chi connectivity index (χ1n) is 13.9. The number of hydrogen-bond donors (Lipinski definition) is 0. The van der Waals surface area contributed by atoms with Crippen LogP contribution in [-0.2, 0) is 9.59 Å². The quantitative estimate of drug-likeness (QED) is 0.384. The van der Waals surface area contributed by atoms with Crippen molar-refractivity contribution in [2.45, 2.75) is 18.9 Å². The van der Waals surface area contributed by atoms with Gasteiger partial charge in [0, 0.05) is 44.7 Å². The fourth-order valence-electron chi connectivity index (χ4n) is 5.95. The van der Waals surface area contributed by atoms with Gasteiger partial charge in [0.2, 0.25) is 17.6 Å².